The van der Waals surface area contributed by atoms with Gasteiger partial charge in [0.05, 0.1) is 18.8 Å². The van der Waals surface area contributed by atoms with Gasteiger partial charge >= 0.3 is 0 Å². The van der Waals surface area contributed by atoms with Crippen molar-refractivity contribution >= 4 is 46.1 Å². The van der Waals surface area contributed by atoms with Crippen molar-refractivity contribution in [2.45, 2.75) is 0 Å². The van der Waals surface area contributed by atoms with E-state index in [1.807, 2.05) is 42.5 Å². The van der Waals surface area contributed by atoms with Gasteiger partial charge in [0.1, 0.15) is 0 Å². The molecule has 146 valence electrons. The summed E-state index contributed by atoms with van der Waals surface area (Å²) in [5.74, 6) is 1.70. The lowest BCUT2D eigenvalue weighted by atomic mass is 10.2. The molecule has 0 amide bonds. The highest BCUT2D eigenvalue weighted by Gasteiger charge is 2.09. The van der Waals surface area contributed by atoms with E-state index in [-0.39, 0.29) is 5.56 Å². The van der Waals surface area contributed by atoms with Crippen molar-refractivity contribution in [3.8, 4) is 11.5 Å². The average Bonchev–Trinajstić information content (AvgIpc) is 3.26. The number of ether oxygens (including phenoxy) is 2. The molecule has 0 aliphatic rings. The molecule has 8 heteroatoms. The first-order valence-corrected chi connectivity index (χ1v) is 9.84. The zero-order chi connectivity index (χ0) is 20.4. The van der Waals surface area contributed by atoms with Crippen molar-refractivity contribution in [1.82, 2.24) is 14.6 Å². The van der Waals surface area contributed by atoms with Crippen molar-refractivity contribution in [2.75, 3.05) is 14.2 Å². The molecule has 0 atom stereocenters. The van der Waals surface area contributed by atoms with Gasteiger partial charge < -0.3 is 9.47 Å². The van der Waals surface area contributed by atoms with E-state index in [1.165, 1.54) is 15.9 Å². The minimum absolute atomic E-state index is 0.210. The standard InChI is InChI=1S/C21H16ClN3O3S/c1-27-16-9-5-14(11-17(16)28-2)12-18-20(26)25-21(29-18)23-19(24-25)10-6-13-3-7-15(22)8-4-13/h3-12H,1-2H3. The van der Waals surface area contributed by atoms with Gasteiger partial charge in [-0.2, -0.15) is 9.50 Å². The molecule has 0 spiro atoms. The fraction of sp³-hybridized carbons (Fsp3) is 0.0952. The first-order valence-electron chi connectivity index (χ1n) is 8.64. The van der Waals surface area contributed by atoms with Gasteiger partial charge in [0.25, 0.3) is 5.56 Å². The van der Waals surface area contributed by atoms with Crippen LogP contribution in [0.4, 0.5) is 0 Å². The second-order valence-corrected chi connectivity index (χ2v) is 7.53. The summed E-state index contributed by atoms with van der Waals surface area (Å²) in [6, 6.07) is 12.9. The molecule has 6 nitrogen and oxygen atoms in total. The van der Waals surface area contributed by atoms with E-state index >= 15 is 0 Å². The minimum Gasteiger partial charge on any atom is -0.493 e. The van der Waals surface area contributed by atoms with Crippen LogP contribution in [0.1, 0.15) is 17.0 Å². The van der Waals surface area contributed by atoms with Crippen LogP contribution < -0.4 is 19.6 Å². The molecule has 4 rings (SSSR count). The number of hydrogen-bond donors (Lipinski definition) is 0. The van der Waals surface area contributed by atoms with Crippen molar-refractivity contribution in [1.29, 1.82) is 0 Å². The van der Waals surface area contributed by atoms with E-state index in [0.717, 1.165) is 11.1 Å². The van der Waals surface area contributed by atoms with E-state index in [1.54, 1.807) is 32.4 Å². The summed E-state index contributed by atoms with van der Waals surface area (Å²) in [5, 5.41) is 4.97. The Morgan fingerprint density at radius 2 is 1.72 bits per heavy atom. The molecule has 2 aromatic carbocycles. The third-order valence-corrected chi connectivity index (χ3v) is 5.41. The molecule has 0 saturated carbocycles. The number of fused-ring (bicyclic) bond motifs is 1. The molecule has 0 unspecified atom stereocenters. The van der Waals surface area contributed by atoms with E-state index < -0.39 is 0 Å². The predicted octanol–water partition coefficient (Wildman–Crippen LogP) is 3.54. The van der Waals surface area contributed by atoms with Crippen LogP contribution in [-0.2, 0) is 0 Å². The fourth-order valence-electron chi connectivity index (χ4n) is 2.76. The number of methoxy groups -OCH3 is 2. The van der Waals surface area contributed by atoms with Crippen LogP contribution in [-0.4, -0.2) is 28.8 Å². The molecule has 0 radical (unpaired) electrons. The Bertz CT molecular complexity index is 1310. The van der Waals surface area contributed by atoms with E-state index in [0.29, 0.717) is 31.8 Å². The summed E-state index contributed by atoms with van der Waals surface area (Å²) >= 11 is 7.17. The summed E-state index contributed by atoms with van der Waals surface area (Å²) in [7, 11) is 3.15. The first-order chi connectivity index (χ1) is 14.1. The second-order valence-electron chi connectivity index (χ2n) is 6.08. The van der Waals surface area contributed by atoms with Gasteiger partial charge in [-0.3, -0.25) is 4.79 Å². The van der Waals surface area contributed by atoms with Gasteiger partial charge in [-0.15, -0.1) is 5.10 Å². The maximum atomic E-state index is 12.7. The maximum Gasteiger partial charge on any atom is 0.291 e. The van der Waals surface area contributed by atoms with E-state index in [9.17, 15) is 4.79 Å². The Labute approximate surface area is 175 Å². The van der Waals surface area contributed by atoms with Gasteiger partial charge in [0.15, 0.2) is 17.3 Å². The Morgan fingerprint density at radius 1 is 1.00 bits per heavy atom. The number of thiazole rings is 1. The SMILES string of the molecule is COc1ccc(C=c2sc3nc(C=Cc4ccc(Cl)cc4)nn3c2=O)cc1OC. The van der Waals surface area contributed by atoms with Crippen molar-refractivity contribution in [3.63, 3.8) is 0 Å². The number of halogens is 1. The Hall–Kier alpha value is -3.16. The highest BCUT2D eigenvalue weighted by atomic mass is 35.5. The number of rotatable bonds is 5. The molecular formula is C21H16ClN3O3S. The molecule has 0 saturated heterocycles. The normalized spacial score (nSPS) is 12.2. The van der Waals surface area contributed by atoms with Crippen molar-refractivity contribution in [3.05, 3.63) is 79.3 Å². The quantitative estimate of drug-likeness (QED) is 0.489. The van der Waals surface area contributed by atoms with Crippen LogP contribution in [0.2, 0.25) is 5.02 Å². The largest absolute Gasteiger partial charge is 0.493 e. The molecule has 4 aromatic rings. The highest BCUT2D eigenvalue weighted by molar-refractivity contribution is 7.15. The van der Waals surface area contributed by atoms with Crippen molar-refractivity contribution in [2.24, 2.45) is 0 Å². The Kier molecular flexibility index (Phi) is 5.33. The molecule has 0 bridgehead atoms. The summed E-state index contributed by atoms with van der Waals surface area (Å²) < 4.78 is 12.4. The van der Waals surface area contributed by atoms with Crippen LogP contribution in [0.15, 0.2) is 47.3 Å². The van der Waals surface area contributed by atoms with Crippen LogP contribution in [0.25, 0.3) is 23.2 Å². The number of aromatic nitrogens is 3. The molecular weight excluding hydrogens is 410 g/mol. The highest BCUT2D eigenvalue weighted by Crippen LogP contribution is 2.27. The van der Waals surface area contributed by atoms with Gasteiger partial charge in [-0.05, 0) is 47.5 Å². The summed E-state index contributed by atoms with van der Waals surface area (Å²) in [4.78, 5) is 17.6. The van der Waals surface area contributed by atoms with Crippen LogP contribution in [0.5, 0.6) is 11.5 Å². The van der Waals surface area contributed by atoms with Crippen molar-refractivity contribution < 1.29 is 9.47 Å². The van der Waals surface area contributed by atoms with E-state index in [2.05, 4.69) is 10.1 Å². The Morgan fingerprint density at radius 3 is 2.41 bits per heavy atom. The topological polar surface area (TPSA) is 65.7 Å². The zero-order valence-electron chi connectivity index (χ0n) is 15.6. The fourth-order valence-corrected chi connectivity index (χ4v) is 3.80. The lowest BCUT2D eigenvalue weighted by Crippen LogP contribution is -2.23. The predicted molar refractivity (Wildman–Crippen MR) is 116 cm³/mol. The smallest absolute Gasteiger partial charge is 0.291 e. The molecule has 0 fully saturated rings. The van der Waals surface area contributed by atoms with Crippen LogP contribution in [0, 0.1) is 0 Å². The maximum absolute atomic E-state index is 12.7. The number of benzene rings is 2. The molecule has 2 aromatic heterocycles. The lowest BCUT2D eigenvalue weighted by Gasteiger charge is -2.07. The molecule has 0 aliphatic carbocycles. The van der Waals surface area contributed by atoms with Gasteiger partial charge in [0.2, 0.25) is 4.96 Å². The first kappa shape index (κ1) is 19.2. The average molecular weight is 426 g/mol. The Balaban J connectivity index is 1.65. The van der Waals surface area contributed by atoms with Gasteiger partial charge in [-0.1, -0.05) is 47.2 Å². The molecule has 29 heavy (non-hydrogen) atoms. The molecule has 0 aliphatic heterocycles. The summed E-state index contributed by atoms with van der Waals surface area (Å²) in [6.45, 7) is 0. The van der Waals surface area contributed by atoms with Crippen LogP contribution >= 0.6 is 22.9 Å². The molecule has 0 N–H and O–H groups in total. The monoisotopic (exact) mass is 425 g/mol. The minimum atomic E-state index is -0.210. The third-order valence-electron chi connectivity index (χ3n) is 4.20. The lowest BCUT2D eigenvalue weighted by molar-refractivity contribution is 0.355. The number of hydrogen-bond acceptors (Lipinski definition) is 6. The zero-order valence-corrected chi connectivity index (χ0v) is 17.2. The van der Waals surface area contributed by atoms with E-state index in [4.69, 9.17) is 21.1 Å². The molecule has 2 heterocycles. The third kappa shape index (κ3) is 4.01. The van der Waals surface area contributed by atoms with Gasteiger partial charge in [-0.25, -0.2) is 0 Å². The second kappa shape index (κ2) is 8.06. The summed E-state index contributed by atoms with van der Waals surface area (Å²) in [5.41, 5.74) is 1.59. The summed E-state index contributed by atoms with van der Waals surface area (Å²) in [6.07, 6.45) is 5.42. The van der Waals surface area contributed by atoms with Gasteiger partial charge in [0, 0.05) is 5.02 Å². The van der Waals surface area contributed by atoms with Crippen LogP contribution in [0.3, 0.4) is 0 Å². The number of nitrogens with zero attached hydrogens (tertiary/aromatic N) is 3.